The number of hydrogen-bond donors (Lipinski definition) is 0. The van der Waals surface area contributed by atoms with Gasteiger partial charge in [-0.3, -0.25) is 4.90 Å². The number of benzene rings is 1. The van der Waals surface area contributed by atoms with Gasteiger partial charge in [-0.15, -0.1) is 0 Å². The van der Waals surface area contributed by atoms with Gasteiger partial charge in [0.1, 0.15) is 11.4 Å². The van der Waals surface area contributed by atoms with Gasteiger partial charge < -0.3 is 9.32 Å². The summed E-state index contributed by atoms with van der Waals surface area (Å²) in [7, 11) is 0. The largest absolute Gasteiger partial charge is 0.423 e. The van der Waals surface area contributed by atoms with Crippen LogP contribution in [0.2, 0.25) is 5.02 Å². The van der Waals surface area contributed by atoms with E-state index in [9.17, 15) is 18.0 Å². The van der Waals surface area contributed by atoms with Gasteiger partial charge in [0.15, 0.2) is 0 Å². The van der Waals surface area contributed by atoms with Crippen molar-refractivity contribution in [2.24, 2.45) is 0 Å². The van der Waals surface area contributed by atoms with Gasteiger partial charge in [0, 0.05) is 55.4 Å². The molecule has 4 rings (SSSR count). The van der Waals surface area contributed by atoms with Crippen LogP contribution in [0.1, 0.15) is 16.7 Å². The molecule has 0 N–H and O–H groups in total. The number of halogens is 4. The Kier molecular flexibility index (Phi) is 5.46. The number of rotatable bonds is 3. The predicted molar refractivity (Wildman–Crippen MR) is 109 cm³/mol. The molecule has 0 radical (unpaired) electrons. The Morgan fingerprint density at radius 3 is 2.50 bits per heavy atom. The SMILES string of the molecule is Cc1cc2oc(=O)cc(CN3CCN(c4ccc(C(F)(F)F)cn4)CC3)c2cc1Cl. The average molecular weight is 438 g/mol. The number of fused-ring (bicyclic) bond motifs is 1. The van der Waals surface area contributed by atoms with Gasteiger partial charge >= 0.3 is 11.8 Å². The van der Waals surface area contributed by atoms with E-state index in [1.54, 1.807) is 6.07 Å². The third kappa shape index (κ3) is 4.29. The molecule has 0 unspecified atom stereocenters. The van der Waals surface area contributed by atoms with Crippen LogP contribution in [-0.4, -0.2) is 36.1 Å². The van der Waals surface area contributed by atoms with Crippen molar-refractivity contribution < 1.29 is 17.6 Å². The quantitative estimate of drug-likeness (QED) is 0.565. The minimum Gasteiger partial charge on any atom is -0.423 e. The highest BCUT2D eigenvalue weighted by Gasteiger charge is 2.31. The second-order valence-electron chi connectivity index (χ2n) is 7.35. The molecule has 0 aliphatic carbocycles. The molecule has 2 aromatic heterocycles. The molecular weight excluding hydrogens is 419 g/mol. The van der Waals surface area contributed by atoms with Crippen molar-refractivity contribution in [1.82, 2.24) is 9.88 Å². The number of alkyl halides is 3. The van der Waals surface area contributed by atoms with Gasteiger partial charge in [-0.05, 0) is 42.3 Å². The highest BCUT2D eigenvalue weighted by atomic mass is 35.5. The van der Waals surface area contributed by atoms with Crippen LogP contribution in [-0.2, 0) is 12.7 Å². The lowest BCUT2D eigenvalue weighted by Gasteiger charge is -2.35. The number of aromatic nitrogens is 1. The molecule has 5 nitrogen and oxygen atoms in total. The summed E-state index contributed by atoms with van der Waals surface area (Å²) in [5.74, 6) is 0.524. The summed E-state index contributed by atoms with van der Waals surface area (Å²) >= 11 is 6.25. The molecule has 9 heteroatoms. The second-order valence-corrected chi connectivity index (χ2v) is 7.76. The standard InChI is InChI=1S/C21H19ClF3N3O2/c1-13-8-18-16(10-17(13)22)14(9-20(29)30-18)12-27-4-6-28(7-5-27)19-3-2-15(11-26-19)21(23,24)25/h2-3,8-11H,4-7,12H2,1H3. The van der Waals surface area contributed by atoms with Crippen LogP contribution in [0.5, 0.6) is 0 Å². The van der Waals surface area contributed by atoms with E-state index in [-0.39, 0.29) is 0 Å². The summed E-state index contributed by atoms with van der Waals surface area (Å²) in [6.07, 6.45) is -3.53. The van der Waals surface area contributed by atoms with Crippen LogP contribution >= 0.6 is 11.6 Å². The molecule has 3 heterocycles. The maximum Gasteiger partial charge on any atom is 0.417 e. The third-order valence-electron chi connectivity index (χ3n) is 5.27. The molecule has 0 atom stereocenters. The minimum absolute atomic E-state index is 0.410. The fourth-order valence-corrected chi connectivity index (χ4v) is 3.76. The fourth-order valence-electron chi connectivity index (χ4n) is 3.60. The molecule has 0 amide bonds. The van der Waals surface area contributed by atoms with Crippen molar-refractivity contribution in [3.05, 3.63) is 68.7 Å². The first-order chi connectivity index (χ1) is 14.2. The van der Waals surface area contributed by atoms with Gasteiger partial charge in [-0.2, -0.15) is 13.2 Å². The van der Waals surface area contributed by atoms with E-state index in [0.717, 1.165) is 28.8 Å². The molecule has 30 heavy (non-hydrogen) atoms. The Bertz CT molecular complexity index is 1120. The number of pyridine rings is 1. The minimum atomic E-state index is -4.39. The lowest BCUT2D eigenvalue weighted by Crippen LogP contribution is -2.46. The van der Waals surface area contributed by atoms with E-state index in [4.69, 9.17) is 16.0 Å². The van der Waals surface area contributed by atoms with Crippen molar-refractivity contribution in [2.75, 3.05) is 31.1 Å². The lowest BCUT2D eigenvalue weighted by atomic mass is 10.1. The van der Waals surface area contributed by atoms with Gasteiger partial charge in [-0.25, -0.2) is 9.78 Å². The van der Waals surface area contributed by atoms with Crippen molar-refractivity contribution in [1.29, 1.82) is 0 Å². The molecule has 0 bridgehead atoms. The number of aryl methyl sites for hydroxylation is 1. The van der Waals surface area contributed by atoms with Crippen LogP contribution < -0.4 is 10.5 Å². The zero-order valence-electron chi connectivity index (χ0n) is 16.2. The summed E-state index contributed by atoms with van der Waals surface area (Å²) < 4.78 is 43.4. The Labute approximate surface area is 175 Å². The topological polar surface area (TPSA) is 49.6 Å². The van der Waals surface area contributed by atoms with E-state index in [0.29, 0.717) is 49.1 Å². The van der Waals surface area contributed by atoms with Crippen LogP contribution in [0.25, 0.3) is 11.0 Å². The molecular formula is C21H19ClF3N3O2. The molecule has 1 aromatic carbocycles. The highest BCUT2D eigenvalue weighted by molar-refractivity contribution is 6.32. The van der Waals surface area contributed by atoms with Crippen LogP contribution in [0, 0.1) is 6.92 Å². The molecule has 1 fully saturated rings. The van der Waals surface area contributed by atoms with Gasteiger partial charge in [0.25, 0.3) is 0 Å². The molecule has 1 aliphatic rings. The van der Waals surface area contributed by atoms with E-state index >= 15 is 0 Å². The number of nitrogens with zero attached hydrogens (tertiary/aromatic N) is 3. The zero-order chi connectivity index (χ0) is 21.5. The Morgan fingerprint density at radius 2 is 1.87 bits per heavy atom. The summed E-state index contributed by atoms with van der Waals surface area (Å²) in [5, 5.41) is 1.41. The van der Waals surface area contributed by atoms with Crippen LogP contribution in [0.15, 0.2) is 45.7 Å². The van der Waals surface area contributed by atoms with E-state index in [2.05, 4.69) is 9.88 Å². The molecule has 0 saturated carbocycles. The first-order valence-corrected chi connectivity index (χ1v) is 9.82. The monoisotopic (exact) mass is 437 g/mol. The second kappa shape index (κ2) is 7.92. The number of piperazine rings is 1. The maximum absolute atomic E-state index is 12.7. The van der Waals surface area contributed by atoms with Gasteiger partial charge in [0.2, 0.25) is 0 Å². The summed E-state index contributed by atoms with van der Waals surface area (Å²) in [4.78, 5) is 20.1. The predicted octanol–water partition coefficient (Wildman–Crippen LogP) is 4.49. The zero-order valence-corrected chi connectivity index (χ0v) is 16.9. The van der Waals surface area contributed by atoms with Crippen LogP contribution in [0.4, 0.5) is 19.0 Å². The molecule has 158 valence electrons. The third-order valence-corrected chi connectivity index (χ3v) is 5.68. The highest BCUT2D eigenvalue weighted by Crippen LogP contribution is 2.30. The maximum atomic E-state index is 12.7. The summed E-state index contributed by atoms with van der Waals surface area (Å²) in [6.45, 7) is 5.02. The van der Waals surface area contributed by atoms with Crippen LogP contribution in [0.3, 0.4) is 0 Å². The van der Waals surface area contributed by atoms with E-state index in [1.807, 2.05) is 17.9 Å². The number of hydrogen-bond acceptors (Lipinski definition) is 5. The Hall–Kier alpha value is -2.58. The molecule has 0 spiro atoms. The van der Waals surface area contributed by atoms with E-state index in [1.165, 1.54) is 12.1 Å². The first-order valence-electron chi connectivity index (χ1n) is 9.44. The van der Waals surface area contributed by atoms with Crippen molar-refractivity contribution >= 4 is 28.4 Å². The lowest BCUT2D eigenvalue weighted by molar-refractivity contribution is -0.137. The first kappa shape index (κ1) is 20.7. The van der Waals surface area contributed by atoms with E-state index < -0.39 is 17.4 Å². The summed E-state index contributed by atoms with van der Waals surface area (Å²) in [6, 6.07) is 7.51. The molecule has 1 aliphatic heterocycles. The van der Waals surface area contributed by atoms with Crippen molar-refractivity contribution in [2.45, 2.75) is 19.6 Å². The average Bonchev–Trinajstić information content (AvgIpc) is 2.69. The normalized spacial score (nSPS) is 15.7. The van der Waals surface area contributed by atoms with Crippen molar-refractivity contribution in [3.63, 3.8) is 0 Å². The molecule has 1 saturated heterocycles. The smallest absolute Gasteiger partial charge is 0.417 e. The number of anilines is 1. The Balaban J connectivity index is 1.47. The fraction of sp³-hybridized carbons (Fsp3) is 0.333. The van der Waals surface area contributed by atoms with Gasteiger partial charge in [-0.1, -0.05) is 11.6 Å². The summed E-state index contributed by atoms with van der Waals surface area (Å²) in [5.41, 5.74) is 1.01. The molecule has 3 aromatic rings. The van der Waals surface area contributed by atoms with Crippen molar-refractivity contribution in [3.8, 4) is 0 Å². The van der Waals surface area contributed by atoms with Gasteiger partial charge in [0.05, 0.1) is 5.56 Å². The Morgan fingerprint density at radius 1 is 1.13 bits per heavy atom.